The van der Waals surface area contributed by atoms with Gasteiger partial charge in [-0.3, -0.25) is 9.78 Å². The first-order chi connectivity index (χ1) is 13.8. The van der Waals surface area contributed by atoms with Gasteiger partial charge in [-0.1, -0.05) is 6.92 Å². The fourth-order valence-electron chi connectivity index (χ4n) is 3.26. The summed E-state index contributed by atoms with van der Waals surface area (Å²) in [7, 11) is -3.73. The monoisotopic (exact) mass is 405 g/mol. The topological polar surface area (TPSA) is 125 Å². The second-order valence-corrected chi connectivity index (χ2v) is 9.22. The van der Waals surface area contributed by atoms with Gasteiger partial charge < -0.3 is 4.42 Å². The van der Waals surface area contributed by atoms with Crippen molar-refractivity contribution >= 4 is 20.8 Å². The van der Waals surface area contributed by atoms with Crippen LogP contribution in [0.15, 0.2) is 50.8 Å². The average molecular weight is 405 g/mol. The molecule has 1 aliphatic carbocycles. The van der Waals surface area contributed by atoms with Crippen molar-refractivity contribution in [3.63, 3.8) is 0 Å². The van der Waals surface area contributed by atoms with E-state index in [2.05, 4.69) is 11.1 Å². The maximum atomic E-state index is 13.1. The molecule has 4 rings (SSSR count). The number of nitriles is 2. The molecule has 8 heteroatoms. The normalized spacial score (nSPS) is 14.9. The third kappa shape index (κ3) is 2.98. The van der Waals surface area contributed by atoms with Gasteiger partial charge in [-0.2, -0.15) is 10.5 Å². The Morgan fingerprint density at radius 1 is 1.24 bits per heavy atom. The molecule has 29 heavy (non-hydrogen) atoms. The predicted molar refractivity (Wildman–Crippen MR) is 105 cm³/mol. The minimum absolute atomic E-state index is 0.00651. The molecule has 1 aliphatic rings. The summed E-state index contributed by atoms with van der Waals surface area (Å²) < 4.78 is 31.0. The molecule has 1 aromatic carbocycles. The number of rotatable bonds is 4. The highest BCUT2D eigenvalue weighted by Gasteiger charge is 2.46. The number of fused-ring (bicyclic) bond motifs is 1. The first kappa shape index (κ1) is 18.9. The maximum Gasteiger partial charge on any atom is 0.202 e. The Hall–Kier alpha value is -3.49. The largest absolute Gasteiger partial charge is 0.463 e. The zero-order valence-corrected chi connectivity index (χ0v) is 16.3. The molecule has 0 N–H and O–H groups in total. The van der Waals surface area contributed by atoms with E-state index in [9.17, 15) is 18.5 Å². The molecule has 0 spiro atoms. The molecule has 0 saturated heterocycles. The molecule has 0 aliphatic heterocycles. The van der Waals surface area contributed by atoms with Crippen LogP contribution in [0.2, 0.25) is 0 Å². The summed E-state index contributed by atoms with van der Waals surface area (Å²) in [5.74, 6) is -0.178. The molecule has 7 nitrogen and oxygen atoms in total. The number of sulfone groups is 1. The Labute approximate surface area is 166 Å². The number of aromatic nitrogens is 1. The zero-order valence-electron chi connectivity index (χ0n) is 15.5. The van der Waals surface area contributed by atoms with Crippen molar-refractivity contribution < 1.29 is 12.8 Å². The summed E-state index contributed by atoms with van der Waals surface area (Å²) >= 11 is 0. The molecule has 1 fully saturated rings. The van der Waals surface area contributed by atoms with Gasteiger partial charge in [0.2, 0.25) is 5.43 Å². The van der Waals surface area contributed by atoms with Crippen LogP contribution in [-0.4, -0.2) is 19.2 Å². The van der Waals surface area contributed by atoms with Gasteiger partial charge in [0.1, 0.15) is 11.8 Å². The summed E-state index contributed by atoms with van der Waals surface area (Å²) in [4.78, 5) is 17.2. The number of hydrogen-bond donors (Lipinski definition) is 0. The van der Waals surface area contributed by atoms with Crippen molar-refractivity contribution in [3.05, 3.63) is 58.1 Å². The average Bonchev–Trinajstić information content (AvgIpc) is 3.55. The Balaban J connectivity index is 2.00. The third-order valence-electron chi connectivity index (χ3n) is 5.24. The molecule has 0 unspecified atom stereocenters. The third-order valence-corrected chi connectivity index (χ3v) is 6.98. The quantitative estimate of drug-likeness (QED) is 0.653. The molecule has 144 valence electrons. The fourth-order valence-corrected chi connectivity index (χ4v) is 4.33. The Kier molecular flexibility index (Phi) is 4.25. The summed E-state index contributed by atoms with van der Waals surface area (Å²) in [5, 5.41) is 18.7. The number of benzene rings is 1. The Morgan fingerprint density at radius 2 is 2.00 bits per heavy atom. The van der Waals surface area contributed by atoms with Gasteiger partial charge in [0.05, 0.1) is 50.4 Å². The van der Waals surface area contributed by atoms with E-state index in [1.165, 1.54) is 43.6 Å². The van der Waals surface area contributed by atoms with Gasteiger partial charge in [0, 0.05) is 6.20 Å². The summed E-state index contributed by atoms with van der Waals surface area (Å²) in [5.41, 5.74) is -0.0908. The summed E-state index contributed by atoms with van der Waals surface area (Å²) in [6, 6.07) is 10.1. The van der Waals surface area contributed by atoms with Crippen molar-refractivity contribution in [1.82, 2.24) is 4.98 Å². The predicted octanol–water partition coefficient (Wildman–Crippen LogP) is 3.08. The van der Waals surface area contributed by atoms with E-state index in [0.29, 0.717) is 18.4 Å². The highest BCUT2D eigenvalue weighted by atomic mass is 32.2. The van der Waals surface area contributed by atoms with Crippen molar-refractivity contribution in [1.29, 1.82) is 10.5 Å². The highest BCUT2D eigenvalue weighted by molar-refractivity contribution is 7.91. The van der Waals surface area contributed by atoms with E-state index in [0.717, 1.165) is 0 Å². The van der Waals surface area contributed by atoms with Gasteiger partial charge in [-0.15, -0.1) is 0 Å². The molecule has 1 saturated carbocycles. The first-order valence-corrected chi connectivity index (χ1v) is 10.6. The molecular weight excluding hydrogens is 390 g/mol. The molecule has 3 aromatic rings. The van der Waals surface area contributed by atoms with Gasteiger partial charge in [-0.05, 0) is 42.7 Å². The molecule has 2 aromatic heterocycles. The van der Waals surface area contributed by atoms with Crippen molar-refractivity contribution in [2.24, 2.45) is 0 Å². The lowest BCUT2D eigenvalue weighted by Gasteiger charge is -2.13. The maximum absolute atomic E-state index is 13.1. The van der Waals surface area contributed by atoms with Crippen LogP contribution in [0.1, 0.15) is 30.9 Å². The molecule has 0 atom stereocenters. The van der Waals surface area contributed by atoms with Crippen molar-refractivity contribution in [2.75, 3.05) is 5.75 Å². The molecule has 0 amide bonds. The molecular formula is C21H15N3O4S. The van der Waals surface area contributed by atoms with E-state index in [1.54, 1.807) is 0 Å². The van der Waals surface area contributed by atoms with Crippen LogP contribution in [-0.2, 0) is 15.3 Å². The van der Waals surface area contributed by atoms with Gasteiger partial charge >= 0.3 is 0 Å². The highest BCUT2D eigenvalue weighted by Crippen LogP contribution is 2.48. The smallest absolute Gasteiger partial charge is 0.202 e. The van der Waals surface area contributed by atoms with Crippen LogP contribution >= 0.6 is 0 Å². The second kappa shape index (κ2) is 6.54. The van der Waals surface area contributed by atoms with E-state index < -0.39 is 20.7 Å². The van der Waals surface area contributed by atoms with E-state index in [1.807, 2.05) is 6.07 Å². The molecule has 2 heterocycles. The van der Waals surface area contributed by atoms with E-state index in [-0.39, 0.29) is 38.4 Å². The van der Waals surface area contributed by atoms with Crippen LogP contribution in [0.3, 0.4) is 0 Å². The van der Waals surface area contributed by atoms with Crippen LogP contribution in [0.4, 0.5) is 0 Å². The Morgan fingerprint density at radius 3 is 2.62 bits per heavy atom. The minimum atomic E-state index is -3.73. The lowest BCUT2D eigenvalue weighted by molar-refractivity contribution is 0.596. The zero-order chi connectivity index (χ0) is 20.8. The lowest BCUT2D eigenvalue weighted by Crippen LogP contribution is -2.14. The molecule has 0 bridgehead atoms. The summed E-state index contributed by atoms with van der Waals surface area (Å²) in [6.07, 6.45) is 3.93. The van der Waals surface area contributed by atoms with Crippen LogP contribution in [0, 0.1) is 22.7 Å². The number of hydrogen-bond acceptors (Lipinski definition) is 7. The number of pyridine rings is 1. The van der Waals surface area contributed by atoms with Crippen LogP contribution in [0.25, 0.3) is 22.2 Å². The lowest BCUT2D eigenvalue weighted by atomic mass is 9.99. The van der Waals surface area contributed by atoms with Gasteiger partial charge in [0.25, 0.3) is 0 Å². The Bertz CT molecular complexity index is 1400. The SMILES string of the molecule is CCS(=O)(=O)c1cc(C2(C#N)CC2)cnc1-c1coc2ccc(C#N)cc2c1=O. The standard InChI is InChI=1S/C21H15N3O4S/c1-2-29(26,27)18-8-14(21(12-23)5-6-21)10-24-19(18)16-11-28-17-4-3-13(9-22)7-15(17)20(16)25/h3-4,7-8,10-11H,2,5-6H2,1H3. The summed E-state index contributed by atoms with van der Waals surface area (Å²) in [6.45, 7) is 1.51. The van der Waals surface area contributed by atoms with Gasteiger partial charge in [0.15, 0.2) is 9.84 Å². The van der Waals surface area contributed by atoms with Gasteiger partial charge in [-0.25, -0.2) is 8.42 Å². The fraction of sp³-hybridized carbons (Fsp3) is 0.238. The van der Waals surface area contributed by atoms with Crippen molar-refractivity contribution in [3.8, 4) is 23.4 Å². The second-order valence-electron chi connectivity index (χ2n) is 6.97. The minimum Gasteiger partial charge on any atom is -0.463 e. The van der Waals surface area contributed by atoms with Crippen molar-refractivity contribution in [2.45, 2.75) is 30.1 Å². The van der Waals surface area contributed by atoms with Crippen LogP contribution in [0.5, 0.6) is 0 Å². The number of nitrogens with zero attached hydrogens (tertiary/aromatic N) is 3. The van der Waals surface area contributed by atoms with E-state index >= 15 is 0 Å². The molecule has 0 radical (unpaired) electrons. The van der Waals surface area contributed by atoms with Crippen LogP contribution < -0.4 is 5.43 Å². The first-order valence-electron chi connectivity index (χ1n) is 8.96. The van der Waals surface area contributed by atoms with E-state index in [4.69, 9.17) is 9.68 Å².